The lowest BCUT2D eigenvalue weighted by molar-refractivity contribution is 0.668. The van der Waals surface area contributed by atoms with E-state index >= 15 is 0 Å². The number of rotatable bonds is 4. The van der Waals surface area contributed by atoms with Crippen molar-refractivity contribution in [2.24, 2.45) is 0 Å². The molecule has 256 valence electrons. The number of hydrogen-bond acceptors (Lipinski definition) is 6. The van der Waals surface area contributed by atoms with Crippen LogP contribution in [0.2, 0.25) is 0 Å². The summed E-state index contributed by atoms with van der Waals surface area (Å²) in [6, 6.07) is 54.1. The van der Waals surface area contributed by atoms with Gasteiger partial charge in [-0.1, -0.05) is 103 Å². The van der Waals surface area contributed by atoms with E-state index in [0.29, 0.717) is 23.1 Å². The Kier molecular flexibility index (Phi) is 6.21. The Hall–Kier alpha value is -7.64. The second-order valence-corrected chi connectivity index (χ2v) is 13.8. The first-order valence-electron chi connectivity index (χ1n) is 18.2. The highest BCUT2D eigenvalue weighted by Crippen LogP contribution is 2.40. The Bertz CT molecular complexity index is 3470. The first kappa shape index (κ1) is 29.9. The molecule has 12 aromatic rings. The third-order valence-electron chi connectivity index (χ3n) is 10.7. The molecule has 12 rings (SSSR count). The minimum absolute atomic E-state index is 0.515. The molecular formula is C48H27N5O2. The summed E-state index contributed by atoms with van der Waals surface area (Å²) >= 11 is 0. The van der Waals surface area contributed by atoms with Crippen LogP contribution in [-0.4, -0.2) is 24.5 Å². The minimum atomic E-state index is 0.515. The van der Waals surface area contributed by atoms with Crippen molar-refractivity contribution in [2.45, 2.75) is 0 Å². The molecule has 5 aromatic heterocycles. The maximum Gasteiger partial charge on any atom is 0.167 e. The van der Waals surface area contributed by atoms with Crippen molar-refractivity contribution in [3.8, 4) is 39.9 Å². The molecule has 0 amide bonds. The Morgan fingerprint density at radius 3 is 1.95 bits per heavy atom. The number of pyridine rings is 1. The van der Waals surface area contributed by atoms with E-state index in [2.05, 4.69) is 102 Å². The topological polar surface area (TPSA) is 82.8 Å². The Morgan fingerprint density at radius 2 is 1.09 bits per heavy atom. The maximum atomic E-state index is 6.48. The van der Waals surface area contributed by atoms with E-state index in [1.807, 2.05) is 60.7 Å². The van der Waals surface area contributed by atoms with Gasteiger partial charge < -0.3 is 13.4 Å². The zero-order chi connectivity index (χ0) is 36.0. The zero-order valence-corrected chi connectivity index (χ0v) is 29.1. The van der Waals surface area contributed by atoms with Crippen LogP contribution in [0.25, 0.3) is 116 Å². The summed E-state index contributed by atoms with van der Waals surface area (Å²) in [7, 11) is 0. The van der Waals surface area contributed by atoms with Gasteiger partial charge in [-0.3, -0.25) is 4.98 Å². The van der Waals surface area contributed by atoms with Crippen LogP contribution in [-0.2, 0) is 0 Å². The van der Waals surface area contributed by atoms with Gasteiger partial charge in [0.1, 0.15) is 22.3 Å². The second-order valence-electron chi connectivity index (χ2n) is 13.8. The summed E-state index contributed by atoms with van der Waals surface area (Å²) in [5, 5.41) is 7.57. The minimum Gasteiger partial charge on any atom is -0.455 e. The van der Waals surface area contributed by atoms with Gasteiger partial charge in [0, 0.05) is 44.3 Å². The summed E-state index contributed by atoms with van der Waals surface area (Å²) in [5.74, 6) is 1.59. The standard InChI is InChI=1S/C48H27N5O2/c1-4-18-38-31(12-1)32-13-2-5-19-39(32)53(38)37-20-7-11-28-27-29(24-25-30(28)37)46-50-47(35-16-9-22-41-43(35)44-42(54-41)23-10-26-49-44)52-48(51-46)36-17-8-15-34-33-14-3-6-21-40(33)55-45(34)36/h1-27H. The number of nitrogens with zero attached hydrogens (tertiary/aromatic N) is 5. The molecule has 5 heterocycles. The SMILES string of the molecule is c1cc(-n2c3ccccc3c3ccccc32)c2ccc(-c3nc(-c4cccc5c4oc4ccccc45)nc(-c4cccc5oc6cccnc6c45)n3)cc2c1. The molecule has 0 aliphatic carbocycles. The third kappa shape index (κ3) is 4.44. The van der Waals surface area contributed by atoms with Crippen LogP contribution < -0.4 is 0 Å². The molecule has 7 heteroatoms. The number of benzene rings is 7. The van der Waals surface area contributed by atoms with E-state index in [-0.39, 0.29) is 0 Å². The third-order valence-corrected chi connectivity index (χ3v) is 10.7. The number of para-hydroxylation sites is 4. The van der Waals surface area contributed by atoms with Gasteiger partial charge >= 0.3 is 0 Å². The molecule has 0 atom stereocenters. The highest BCUT2D eigenvalue weighted by Gasteiger charge is 2.21. The monoisotopic (exact) mass is 705 g/mol. The van der Waals surface area contributed by atoms with Crippen molar-refractivity contribution in [1.29, 1.82) is 0 Å². The summed E-state index contributed by atoms with van der Waals surface area (Å²) in [5.41, 5.74) is 9.66. The average Bonchev–Trinajstić information content (AvgIpc) is 3.93. The Balaban J connectivity index is 1.10. The van der Waals surface area contributed by atoms with Crippen LogP contribution in [0.15, 0.2) is 173 Å². The lowest BCUT2D eigenvalue weighted by atomic mass is 10.0. The molecule has 7 aromatic carbocycles. The molecule has 0 aliphatic rings. The Morgan fingerprint density at radius 1 is 0.436 bits per heavy atom. The second kappa shape index (κ2) is 11.4. The fraction of sp³-hybridized carbons (Fsp3) is 0. The smallest absolute Gasteiger partial charge is 0.167 e. The normalized spacial score (nSPS) is 12.0. The van der Waals surface area contributed by atoms with E-state index in [4.69, 9.17) is 28.8 Å². The molecule has 0 unspecified atom stereocenters. The highest BCUT2D eigenvalue weighted by molar-refractivity contribution is 6.12. The largest absolute Gasteiger partial charge is 0.455 e. The lowest BCUT2D eigenvalue weighted by Crippen LogP contribution is -2.01. The summed E-state index contributed by atoms with van der Waals surface area (Å²) in [6.07, 6.45) is 1.78. The molecule has 0 fully saturated rings. The van der Waals surface area contributed by atoms with Crippen LogP contribution >= 0.6 is 0 Å². The van der Waals surface area contributed by atoms with Gasteiger partial charge in [0.05, 0.1) is 27.7 Å². The molecule has 55 heavy (non-hydrogen) atoms. The van der Waals surface area contributed by atoms with Crippen LogP contribution in [0.3, 0.4) is 0 Å². The summed E-state index contributed by atoms with van der Waals surface area (Å²) in [6.45, 7) is 0. The van der Waals surface area contributed by atoms with Crippen LogP contribution in [0.5, 0.6) is 0 Å². The van der Waals surface area contributed by atoms with E-state index in [1.54, 1.807) is 6.20 Å². The van der Waals surface area contributed by atoms with Gasteiger partial charge in [-0.15, -0.1) is 0 Å². The number of fused-ring (bicyclic) bond motifs is 10. The van der Waals surface area contributed by atoms with E-state index in [9.17, 15) is 0 Å². The van der Waals surface area contributed by atoms with Crippen molar-refractivity contribution in [2.75, 3.05) is 0 Å². The fourth-order valence-electron chi connectivity index (χ4n) is 8.28. The molecule has 0 saturated heterocycles. The van der Waals surface area contributed by atoms with Crippen LogP contribution in [0.4, 0.5) is 0 Å². The van der Waals surface area contributed by atoms with Gasteiger partial charge in [-0.05, 0) is 60.0 Å². The first-order chi connectivity index (χ1) is 27.3. The van der Waals surface area contributed by atoms with E-state index < -0.39 is 0 Å². The van der Waals surface area contributed by atoms with E-state index in [1.165, 1.54) is 21.8 Å². The van der Waals surface area contributed by atoms with Gasteiger partial charge in [-0.25, -0.2) is 15.0 Å². The van der Waals surface area contributed by atoms with E-state index in [0.717, 1.165) is 71.6 Å². The zero-order valence-electron chi connectivity index (χ0n) is 29.1. The Labute approximate surface area is 312 Å². The van der Waals surface area contributed by atoms with Gasteiger partial charge in [0.15, 0.2) is 23.1 Å². The fourth-order valence-corrected chi connectivity index (χ4v) is 8.28. The molecule has 0 bridgehead atoms. The molecule has 0 N–H and O–H groups in total. The van der Waals surface area contributed by atoms with Crippen molar-refractivity contribution in [3.05, 3.63) is 164 Å². The van der Waals surface area contributed by atoms with Crippen molar-refractivity contribution < 1.29 is 8.83 Å². The van der Waals surface area contributed by atoms with Gasteiger partial charge in [-0.2, -0.15) is 0 Å². The molecule has 0 aliphatic heterocycles. The highest BCUT2D eigenvalue weighted by atomic mass is 16.3. The number of furan rings is 2. The van der Waals surface area contributed by atoms with Crippen LogP contribution in [0, 0.1) is 0 Å². The number of aromatic nitrogens is 5. The van der Waals surface area contributed by atoms with Gasteiger partial charge in [0.2, 0.25) is 0 Å². The molecule has 7 nitrogen and oxygen atoms in total. The summed E-state index contributed by atoms with van der Waals surface area (Å²) < 4.78 is 15.1. The average molecular weight is 706 g/mol. The quantitative estimate of drug-likeness (QED) is 0.181. The maximum absolute atomic E-state index is 6.48. The predicted molar refractivity (Wildman–Crippen MR) is 220 cm³/mol. The van der Waals surface area contributed by atoms with Crippen molar-refractivity contribution in [3.63, 3.8) is 0 Å². The summed E-state index contributed by atoms with van der Waals surface area (Å²) in [4.78, 5) is 20.2. The van der Waals surface area contributed by atoms with Crippen molar-refractivity contribution >= 4 is 76.6 Å². The molecular weight excluding hydrogens is 679 g/mol. The predicted octanol–water partition coefficient (Wildman–Crippen LogP) is 12.3. The lowest BCUT2D eigenvalue weighted by Gasteiger charge is -2.13. The van der Waals surface area contributed by atoms with Crippen molar-refractivity contribution in [1.82, 2.24) is 24.5 Å². The molecule has 0 radical (unpaired) electrons. The molecule has 0 saturated carbocycles. The van der Waals surface area contributed by atoms with Gasteiger partial charge in [0.25, 0.3) is 0 Å². The number of hydrogen-bond donors (Lipinski definition) is 0. The first-order valence-corrected chi connectivity index (χ1v) is 18.2. The molecule has 0 spiro atoms. The van der Waals surface area contributed by atoms with Crippen LogP contribution in [0.1, 0.15) is 0 Å².